The Morgan fingerprint density at radius 1 is 1.44 bits per heavy atom. The van der Waals surface area contributed by atoms with Crippen molar-refractivity contribution < 1.29 is 0 Å². The second-order valence-corrected chi connectivity index (χ2v) is 4.01. The van der Waals surface area contributed by atoms with Crippen molar-refractivity contribution in [2.75, 3.05) is 12.8 Å². The van der Waals surface area contributed by atoms with Crippen LogP contribution in [0.4, 0.5) is 0 Å². The maximum atomic E-state index is 2.19. The first-order valence-corrected chi connectivity index (χ1v) is 5.26. The predicted octanol–water partition coefficient (Wildman–Crippen LogP) is 2.30. The summed E-state index contributed by atoms with van der Waals surface area (Å²) < 4.78 is 2.19. The van der Waals surface area contributed by atoms with Gasteiger partial charge in [-0.2, -0.15) is 0 Å². The van der Waals surface area contributed by atoms with Gasteiger partial charge in [0.05, 0.1) is 0 Å². The van der Waals surface area contributed by atoms with Gasteiger partial charge in [-0.1, -0.05) is 22.9 Å². The minimum atomic E-state index is 1.03. The summed E-state index contributed by atoms with van der Waals surface area (Å²) in [6, 6.07) is 0. The lowest BCUT2D eigenvalue weighted by Crippen LogP contribution is -2.07. The highest BCUT2D eigenvalue weighted by atomic mass is 33.1. The van der Waals surface area contributed by atoms with Crippen LogP contribution < -0.4 is 0 Å². The normalized spacial score (nSPS) is 16.8. The number of rotatable bonds is 2. The van der Waals surface area contributed by atoms with Crippen LogP contribution in [0.3, 0.4) is 0 Å². The molecule has 0 amide bonds. The number of nitrogens with zero attached hydrogens (tertiary/aromatic N) is 1. The largest absolute Gasteiger partial charge is 0.310 e. The Labute approximate surface area is 63.7 Å². The fourth-order valence-corrected chi connectivity index (χ4v) is 1.97. The molecule has 50 valence electrons. The second kappa shape index (κ2) is 3.90. The van der Waals surface area contributed by atoms with E-state index in [4.69, 9.17) is 0 Å². The molecular weight excluding hydrogens is 150 g/mol. The SMILES string of the molecule is CSSN1C=CC=CC1. The van der Waals surface area contributed by atoms with Crippen LogP contribution in [0.1, 0.15) is 0 Å². The summed E-state index contributed by atoms with van der Waals surface area (Å²) in [5.74, 6) is 0. The van der Waals surface area contributed by atoms with Gasteiger partial charge in [-0.15, -0.1) is 0 Å². The van der Waals surface area contributed by atoms with Gasteiger partial charge in [0.15, 0.2) is 0 Å². The third-order valence-electron chi connectivity index (χ3n) is 0.955. The van der Waals surface area contributed by atoms with Crippen molar-refractivity contribution >= 4 is 21.8 Å². The van der Waals surface area contributed by atoms with Gasteiger partial charge in [-0.3, -0.25) is 0 Å². The summed E-state index contributed by atoms with van der Waals surface area (Å²) in [7, 11) is 3.53. The first-order chi connectivity index (χ1) is 4.43. The van der Waals surface area contributed by atoms with Crippen molar-refractivity contribution in [2.45, 2.75) is 0 Å². The summed E-state index contributed by atoms with van der Waals surface area (Å²) in [5.41, 5.74) is 0. The van der Waals surface area contributed by atoms with E-state index in [-0.39, 0.29) is 0 Å². The van der Waals surface area contributed by atoms with E-state index in [1.807, 2.05) is 6.08 Å². The van der Waals surface area contributed by atoms with Gasteiger partial charge in [0, 0.05) is 23.7 Å². The van der Waals surface area contributed by atoms with Crippen molar-refractivity contribution in [3.8, 4) is 0 Å². The Morgan fingerprint density at radius 3 is 2.89 bits per heavy atom. The maximum absolute atomic E-state index is 2.19. The minimum Gasteiger partial charge on any atom is -0.310 e. The van der Waals surface area contributed by atoms with E-state index in [2.05, 4.69) is 28.9 Å². The molecule has 0 radical (unpaired) electrons. The highest BCUT2D eigenvalue weighted by molar-refractivity contribution is 8.75. The molecule has 0 bridgehead atoms. The van der Waals surface area contributed by atoms with Crippen LogP contribution >= 0.6 is 21.8 Å². The second-order valence-electron chi connectivity index (χ2n) is 1.61. The molecule has 0 unspecified atom stereocenters. The lowest BCUT2D eigenvalue weighted by molar-refractivity contribution is 0.698. The molecule has 0 spiro atoms. The summed E-state index contributed by atoms with van der Waals surface area (Å²) in [4.78, 5) is 0. The van der Waals surface area contributed by atoms with Gasteiger partial charge < -0.3 is 4.31 Å². The predicted molar refractivity (Wildman–Crippen MR) is 46.1 cm³/mol. The Balaban J connectivity index is 2.28. The zero-order chi connectivity index (χ0) is 6.53. The highest BCUT2D eigenvalue weighted by Crippen LogP contribution is 2.23. The van der Waals surface area contributed by atoms with E-state index in [0.29, 0.717) is 0 Å². The molecule has 1 nitrogen and oxygen atoms in total. The van der Waals surface area contributed by atoms with Gasteiger partial charge in [0.25, 0.3) is 0 Å². The van der Waals surface area contributed by atoms with E-state index >= 15 is 0 Å². The zero-order valence-electron chi connectivity index (χ0n) is 5.28. The van der Waals surface area contributed by atoms with Crippen molar-refractivity contribution in [1.29, 1.82) is 0 Å². The average molecular weight is 159 g/mol. The molecule has 0 saturated heterocycles. The maximum Gasteiger partial charge on any atom is 0.0480 e. The lowest BCUT2D eigenvalue weighted by atomic mass is 10.4. The van der Waals surface area contributed by atoms with Gasteiger partial charge in [-0.25, -0.2) is 0 Å². The zero-order valence-corrected chi connectivity index (χ0v) is 6.91. The van der Waals surface area contributed by atoms with Crippen LogP contribution in [0.5, 0.6) is 0 Å². The topological polar surface area (TPSA) is 3.24 Å². The molecule has 3 heteroatoms. The molecule has 0 atom stereocenters. The molecule has 0 aromatic rings. The summed E-state index contributed by atoms with van der Waals surface area (Å²) in [6.07, 6.45) is 10.4. The molecule has 1 heterocycles. The van der Waals surface area contributed by atoms with Crippen molar-refractivity contribution in [3.63, 3.8) is 0 Å². The van der Waals surface area contributed by atoms with Gasteiger partial charge >= 0.3 is 0 Å². The van der Waals surface area contributed by atoms with Crippen LogP contribution in [0.2, 0.25) is 0 Å². The van der Waals surface area contributed by atoms with Gasteiger partial charge in [0.2, 0.25) is 0 Å². The molecule has 9 heavy (non-hydrogen) atoms. The van der Waals surface area contributed by atoms with Crippen LogP contribution in [0.25, 0.3) is 0 Å². The van der Waals surface area contributed by atoms with E-state index < -0.39 is 0 Å². The van der Waals surface area contributed by atoms with Crippen LogP contribution in [-0.2, 0) is 0 Å². The summed E-state index contributed by atoms with van der Waals surface area (Å²) in [5, 5.41) is 0. The van der Waals surface area contributed by atoms with Crippen molar-refractivity contribution in [1.82, 2.24) is 4.31 Å². The monoisotopic (exact) mass is 159 g/mol. The Hall–Kier alpha value is -0.0200. The highest BCUT2D eigenvalue weighted by Gasteiger charge is 1.96. The van der Waals surface area contributed by atoms with Gasteiger partial charge in [0.1, 0.15) is 0 Å². The quantitative estimate of drug-likeness (QED) is 0.449. The fourth-order valence-electron chi connectivity index (χ4n) is 0.601. The van der Waals surface area contributed by atoms with Crippen molar-refractivity contribution in [2.24, 2.45) is 0 Å². The molecule has 0 N–H and O–H groups in total. The van der Waals surface area contributed by atoms with E-state index in [0.717, 1.165) is 6.54 Å². The first-order valence-electron chi connectivity index (χ1n) is 2.74. The van der Waals surface area contributed by atoms with Crippen LogP contribution in [-0.4, -0.2) is 17.1 Å². The van der Waals surface area contributed by atoms with E-state index in [9.17, 15) is 0 Å². The standard InChI is InChI=1S/C6H9NS2/c1-8-9-7-5-3-2-4-6-7/h2-5H,6H2,1H3. The molecule has 1 rings (SSSR count). The third kappa shape index (κ3) is 2.37. The van der Waals surface area contributed by atoms with Gasteiger partial charge in [-0.05, 0) is 12.3 Å². The van der Waals surface area contributed by atoms with Crippen LogP contribution in [0, 0.1) is 0 Å². The Morgan fingerprint density at radius 2 is 2.33 bits per heavy atom. The van der Waals surface area contributed by atoms with E-state index in [1.165, 1.54) is 0 Å². The third-order valence-corrected chi connectivity index (χ3v) is 2.59. The molecule has 0 saturated carbocycles. The molecule has 0 fully saturated rings. The first kappa shape index (κ1) is 7.09. The molecule has 0 aromatic heterocycles. The lowest BCUT2D eigenvalue weighted by Gasteiger charge is -2.16. The average Bonchev–Trinajstić information content (AvgIpc) is 1.91. The number of allylic oxidation sites excluding steroid dienone is 2. The Bertz CT molecular complexity index is 131. The molecule has 0 aliphatic carbocycles. The molecular formula is C6H9NS2. The molecule has 0 aromatic carbocycles. The van der Waals surface area contributed by atoms with Crippen molar-refractivity contribution in [3.05, 3.63) is 24.4 Å². The number of hydrogen-bond acceptors (Lipinski definition) is 3. The number of hydrogen-bond donors (Lipinski definition) is 0. The van der Waals surface area contributed by atoms with E-state index in [1.54, 1.807) is 21.8 Å². The molecule has 1 aliphatic heterocycles. The molecule has 1 aliphatic rings. The summed E-state index contributed by atoms with van der Waals surface area (Å²) >= 11 is 0. The minimum absolute atomic E-state index is 1.03. The summed E-state index contributed by atoms with van der Waals surface area (Å²) in [6.45, 7) is 1.03. The fraction of sp³-hybridized carbons (Fsp3) is 0.333. The van der Waals surface area contributed by atoms with Crippen LogP contribution in [0.15, 0.2) is 24.4 Å². The smallest absolute Gasteiger partial charge is 0.0480 e. The Kier molecular flexibility index (Phi) is 3.08.